The van der Waals surface area contributed by atoms with Gasteiger partial charge in [0.05, 0.1) is 0 Å². The number of hydrogen-bond donors (Lipinski definition) is 0. The molecule has 0 saturated carbocycles. The fourth-order valence-corrected chi connectivity index (χ4v) is 0.573. The lowest BCUT2D eigenvalue weighted by Gasteiger charge is -2.11. The van der Waals surface area contributed by atoms with Crippen LogP contribution in [0.3, 0.4) is 0 Å². The van der Waals surface area contributed by atoms with Crippen molar-refractivity contribution < 1.29 is 0 Å². The van der Waals surface area contributed by atoms with Gasteiger partial charge in [0.15, 0.2) is 6.19 Å². The molecule has 0 saturated heterocycles. The van der Waals surface area contributed by atoms with Crippen LogP contribution in [-0.4, -0.2) is 11.9 Å². The zero-order chi connectivity index (χ0) is 8.85. The summed E-state index contributed by atoms with van der Waals surface area (Å²) in [5.41, 5.74) is 1.39. The summed E-state index contributed by atoms with van der Waals surface area (Å²) in [5.74, 6) is 0. The van der Waals surface area contributed by atoms with E-state index in [4.69, 9.17) is 5.26 Å². The van der Waals surface area contributed by atoms with Crippen molar-refractivity contribution in [3.8, 4) is 6.19 Å². The molecule has 2 heteroatoms. The molecule has 0 aliphatic heterocycles. The Bertz CT molecular complexity index is 230. The van der Waals surface area contributed by atoms with E-state index in [0.717, 1.165) is 5.57 Å². The maximum absolute atomic E-state index is 8.47. The zero-order valence-corrected chi connectivity index (χ0v) is 6.96. The van der Waals surface area contributed by atoms with Crippen LogP contribution in [0.5, 0.6) is 0 Å². The molecule has 2 nitrogen and oxygen atoms in total. The van der Waals surface area contributed by atoms with Crippen molar-refractivity contribution in [2.45, 2.75) is 6.92 Å². The highest BCUT2D eigenvalue weighted by Crippen LogP contribution is 2.09. The van der Waals surface area contributed by atoms with Crippen molar-refractivity contribution in [1.82, 2.24) is 4.90 Å². The van der Waals surface area contributed by atoms with Crippen LogP contribution >= 0.6 is 0 Å². The van der Waals surface area contributed by atoms with Crippen LogP contribution in [0.2, 0.25) is 0 Å². The Morgan fingerprint density at radius 1 is 1.55 bits per heavy atom. The number of rotatable bonds is 3. The van der Waals surface area contributed by atoms with Gasteiger partial charge in [0.2, 0.25) is 0 Å². The molecule has 0 N–H and O–H groups in total. The second-order valence-corrected chi connectivity index (χ2v) is 2.13. The molecule has 0 heterocycles. The minimum Gasteiger partial charge on any atom is -0.283 e. The number of allylic oxidation sites excluding steroid dienone is 2. The number of nitriles is 1. The van der Waals surface area contributed by atoms with Crippen LogP contribution < -0.4 is 0 Å². The van der Waals surface area contributed by atoms with Crippen molar-refractivity contribution in [2.24, 2.45) is 0 Å². The lowest BCUT2D eigenvalue weighted by Crippen LogP contribution is -2.09. The summed E-state index contributed by atoms with van der Waals surface area (Å²) in [6, 6.07) is 0. The third kappa shape index (κ3) is 2.72. The molecule has 0 fully saturated rings. The van der Waals surface area contributed by atoms with Gasteiger partial charge in [0, 0.05) is 12.7 Å². The second kappa shape index (κ2) is 4.35. The molecule has 0 radical (unpaired) electrons. The second-order valence-electron chi connectivity index (χ2n) is 2.13. The first kappa shape index (κ1) is 9.51. The summed E-state index contributed by atoms with van der Waals surface area (Å²) < 4.78 is 0. The molecule has 0 atom stereocenters. The van der Waals surface area contributed by atoms with Crippen LogP contribution in [0, 0.1) is 11.5 Å². The fraction of sp³-hybridized carbons (Fsp3) is 0.222. The molecule has 0 aliphatic rings. The van der Waals surface area contributed by atoms with Crippen LogP contribution in [0.25, 0.3) is 0 Å². The highest BCUT2D eigenvalue weighted by molar-refractivity contribution is 5.34. The molecule has 0 unspecified atom stereocenters. The predicted octanol–water partition coefficient (Wildman–Crippen LogP) is 2.05. The highest BCUT2D eigenvalue weighted by atomic mass is 15.1. The molecule has 0 rings (SSSR count). The van der Waals surface area contributed by atoms with E-state index in [-0.39, 0.29) is 0 Å². The maximum Gasteiger partial charge on any atom is 0.183 e. The van der Waals surface area contributed by atoms with Gasteiger partial charge < -0.3 is 0 Å². The van der Waals surface area contributed by atoms with E-state index in [2.05, 4.69) is 13.2 Å². The average molecular weight is 148 g/mol. The van der Waals surface area contributed by atoms with Gasteiger partial charge in [-0.05, 0) is 12.5 Å². The summed E-state index contributed by atoms with van der Waals surface area (Å²) in [6.07, 6.45) is 5.62. The Kier molecular flexibility index (Phi) is 3.76. The molecule has 0 aliphatic carbocycles. The standard InChI is InChI=1S/C9H12N2/c1-5-6-8(2)9(3)11(4)7-10/h5-6H,2-3H2,1,4H3/b6-5-. The summed E-state index contributed by atoms with van der Waals surface area (Å²) in [6.45, 7) is 9.32. The Morgan fingerprint density at radius 2 is 2.09 bits per heavy atom. The van der Waals surface area contributed by atoms with E-state index in [0.29, 0.717) is 5.70 Å². The number of hydrogen-bond acceptors (Lipinski definition) is 2. The monoisotopic (exact) mass is 148 g/mol. The van der Waals surface area contributed by atoms with Crippen LogP contribution in [-0.2, 0) is 0 Å². The average Bonchev–Trinajstić information content (AvgIpc) is 2.02. The van der Waals surface area contributed by atoms with Gasteiger partial charge in [0.1, 0.15) is 0 Å². The highest BCUT2D eigenvalue weighted by Gasteiger charge is 2.00. The third-order valence-corrected chi connectivity index (χ3v) is 1.29. The molecular formula is C9H12N2. The van der Waals surface area contributed by atoms with Gasteiger partial charge in [-0.2, -0.15) is 5.26 Å². The molecule has 0 bridgehead atoms. The van der Waals surface area contributed by atoms with Gasteiger partial charge in [-0.3, -0.25) is 4.90 Å². The SMILES string of the molecule is C=C(/C=C\C)C(=C)N(C)C#N. The fourth-order valence-electron chi connectivity index (χ4n) is 0.573. The third-order valence-electron chi connectivity index (χ3n) is 1.29. The predicted molar refractivity (Wildman–Crippen MR) is 46.5 cm³/mol. The molecule has 0 aromatic rings. The Labute approximate surface area is 67.7 Å². The molecule has 0 aromatic carbocycles. The Hall–Kier alpha value is -1.49. The van der Waals surface area contributed by atoms with E-state index in [1.165, 1.54) is 4.90 Å². The summed E-state index contributed by atoms with van der Waals surface area (Å²) in [5, 5.41) is 8.47. The molecular weight excluding hydrogens is 136 g/mol. The van der Waals surface area contributed by atoms with Crippen molar-refractivity contribution in [3.05, 3.63) is 36.6 Å². The minimum absolute atomic E-state index is 0.630. The normalized spacial score (nSPS) is 9.18. The smallest absolute Gasteiger partial charge is 0.183 e. The van der Waals surface area contributed by atoms with Gasteiger partial charge in [-0.1, -0.05) is 25.3 Å². The first-order valence-corrected chi connectivity index (χ1v) is 3.27. The number of likely N-dealkylation sites (N-methyl/N-ethyl adjacent to an activating group) is 1. The van der Waals surface area contributed by atoms with Crippen molar-refractivity contribution in [2.75, 3.05) is 7.05 Å². The first-order valence-electron chi connectivity index (χ1n) is 3.27. The largest absolute Gasteiger partial charge is 0.283 e. The molecule has 0 amide bonds. The summed E-state index contributed by atoms with van der Waals surface area (Å²) >= 11 is 0. The van der Waals surface area contributed by atoms with Gasteiger partial charge in [0.25, 0.3) is 0 Å². The van der Waals surface area contributed by atoms with Crippen LogP contribution in [0.15, 0.2) is 36.6 Å². The minimum atomic E-state index is 0.630. The van der Waals surface area contributed by atoms with Gasteiger partial charge >= 0.3 is 0 Å². The van der Waals surface area contributed by atoms with Gasteiger partial charge in [-0.15, -0.1) is 0 Å². The van der Waals surface area contributed by atoms with E-state index in [1.807, 2.05) is 25.3 Å². The van der Waals surface area contributed by atoms with E-state index >= 15 is 0 Å². The quantitative estimate of drug-likeness (QED) is 0.348. The molecule has 0 spiro atoms. The molecule has 58 valence electrons. The lowest BCUT2D eigenvalue weighted by atomic mass is 10.2. The van der Waals surface area contributed by atoms with Crippen molar-refractivity contribution >= 4 is 0 Å². The summed E-state index contributed by atoms with van der Waals surface area (Å²) in [4.78, 5) is 1.38. The van der Waals surface area contributed by atoms with Crippen LogP contribution in [0.4, 0.5) is 0 Å². The van der Waals surface area contributed by atoms with E-state index in [1.54, 1.807) is 7.05 Å². The van der Waals surface area contributed by atoms with E-state index in [9.17, 15) is 0 Å². The molecule has 11 heavy (non-hydrogen) atoms. The van der Waals surface area contributed by atoms with Crippen LogP contribution in [0.1, 0.15) is 6.92 Å². The molecule has 0 aromatic heterocycles. The maximum atomic E-state index is 8.47. The van der Waals surface area contributed by atoms with Crippen molar-refractivity contribution in [3.63, 3.8) is 0 Å². The van der Waals surface area contributed by atoms with Gasteiger partial charge in [-0.25, -0.2) is 0 Å². The topological polar surface area (TPSA) is 27.0 Å². The Balaban J connectivity index is 4.28. The van der Waals surface area contributed by atoms with E-state index < -0.39 is 0 Å². The zero-order valence-electron chi connectivity index (χ0n) is 6.96. The lowest BCUT2D eigenvalue weighted by molar-refractivity contribution is 0.607. The Morgan fingerprint density at radius 3 is 2.45 bits per heavy atom. The first-order chi connectivity index (χ1) is 5.13. The summed E-state index contributed by atoms with van der Waals surface area (Å²) in [7, 11) is 1.65. The van der Waals surface area contributed by atoms with Crippen molar-refractivity contribution in [1.29, 1.82) is 5.26 Å². The number of nitrogens with zero attached hydrogens (tertiary/aromatic N) is 2.